The van der Waals surface area contributed by atoms with Gasteiger partial charge in [-0.25, -0.2) is 13.2 Å². The minimum atomic E-state index is -4.08. The lowest BCUT2D eigenvalue weighted by atomic mass is 9.93. The summed E-state index contributed by atoms with van der Waals surface area (Å²) in [6, 6.07) is 7.54. The lowest BCUT2D eigenvalue weighted by Crippen LogP contribution is -2.81. The number of methoxy groups -OCH3 is 1. The van der Waals surface area contributed by atoms with Gasteiger partial charge in [0.15, 0.2) is 21.3 Å². The van der Waals surface area contributed by atoms with Gasteiger partial charge >= 0.3 is 5.97 Å². The fourth-order valence-electron chi connectivity index (χ4n) is 3.75. The molecule has 2 amide bonds. The Morgan fingerprint density at radius 3 is 2.36 bits per heavy atom. The van der Waals surface area contributed by atoms with E-state index in [1.165, 1.54) is 13.8 Å². The first-order chi connectivity index (χ1) is 13.0. The van der Waals surface area contributed by atoms with Gasteiger partial charge in [0, 0.05) is 14.0 Å². The Labute approximate surface area is 162 Å². The molecule has 2 saturated heterocycles. The van der Waals surface area contributed by atoms with Crippen LogP contribution in [-0.4, -0.2) is 60.1 Å². The summed E-state index contributed by atoms with van der Waals surface area (Å²) in [6.45, 7) is 3.81. The van der Waals surface area contributed by atoms with Crippen LogP contribution in [0.5, 0.6) is 0 Å². The summed E-state index contributed by atoms with van der Waals surface area (Å²) in [6.07, 6.45) is 0. The van der Waals surface area contributed by atoms with Crippen molar-refractivity contribution in [2.75, 3.05) is 7.11 Å². The van der Waals surface area contributed by atoms with Gasteiger partial charge in [0.05, 0.1) is 0 Å². The number of benzene rings is 1. The van der Waals surface area contributed by atoms with Gasteiger partial charge in [-0.15, -0.1) is 0 Å². The number of nitrogens with one attached hydrogen (secondary N) is 1. The van der Waals surface area contributed by atoms with Crippen molar-refractivity contribution in [3.05, 3.63) is 35.9 Å². The quantitative estimate of drug-likeness (QED) is 0.411. The molecule has 2 fully saturated rings. The Morgan fingerprint density at radius 1 is 1.21 bits per heavy atom. The third kappa shape index (κ3) is 2.62. The van der Waals surface area contributed by atoms with Crippen molar-refractivity contribution < 1.29 is 32.3 Å². The van der Waals surface area contributed by atoms with E-state index in [0.29, 0.717) is 0 Å². The largest absolute Gasteiger partial charge is 0.459 e. The van der Waals surface area contributed by atoms with Crippen molar-refractivity contribution in [3.8, 4) is 0 Å². The summed E-state index contributed by atoms with van der Waals surface area (Å²) in [5.74, 6) is -2.26. The number of hydrogen-bond donors (Lipinski definition) is 1. The highest BCUT2D eigenvalue weighted by Gasteiger charge is 2.80. The molecule has 2 aliphatic rings. The van der Waals surface area contributed by atoms with Gasteiger partial charge in [0.1, 0.15) is 11.4 Å². The molecule has 1 aromatic rings. The molecule has 2 heterocycles. The molecular formula is C18H22N2O7S. The zero-order chi connectivity index (χ0) is 20.9. The molecule has 3 atom stereocenters. The zero-order valence-corrected chi connectivity index (χ0v) is 16.8. The van der Waals surface area contributed by atoms with Gasteiger partial charge in [-0.1, -0.05) is 30.3 Å². The molecule has 0 spiro atoms. The van der Waals surface area contributed by atoms with E-state index < -0.39 is 49.5 Å². The van der Waals surface area contributed by atoms with Crippen LogP contribution in [0.15, 0.2) is 30.3 Å². The van der Waals surface area contributed by atoms with E-state index in [2.05, 4.69) is 5.32 Å². The fourth-order valence-corrected chi connectivity index (χ4v) is 6.06. The predicted molar refractivity (Wildman–Crippen MR) is 97.2 cm³/mol. The van der Waals surface area contributed by atoms with Crippen molar-refractivity contribution in [2.45, 2.75) is 49.3 Å². The normalized spacial score (nSPS) is 29.6. The van der Waals surface area contributed by atoms with Crippen LogP contribution >= 0.6 is 0 Å². The number of carbonyl (C=O) groups excluding carboxylic acids is 3. The van der Waals surface area contributed by atoms with Gasteiger partial charge in [-0.3, -0.25) is 9.59 Å². The van der Waals surface area contributed by atoms with Crippen molar-refractivity contribution in [1.29, 1.82) is 0 Å². The third-order valence-electron chi connectivity index (χ3n) is 5.25. The number of esters is 1. The number of ether oxygens (including phenoxy) is 2. The van der Waals surface area contributed by atoms with Gasteiger partial charge in [0.25, 0.3) is 11.6 Å². The van der Waals surface area contributed by atoms with E-state index in [-0.39, 0.29) is 6.61 Å². The Morgan fingerprint density at radius 2 is 1.82 bits per heavy atom. The molecule has 0 radical (unpaired) electrons. The topological polar surface area (TPSA) is 119 Å². The lowest BCUT2D eigenvalue weighted by molar-refractivity contribution is -0.202. The highest BCUT2D eigenvalue weighted by atomic mass is 32.2. The summed E-state index contributed by atoms with van der Waals surface area (Å²) >= 11 is 0. The minimum absolute atomic E-state index is 0.0554. The Hall–Kier alpha value is -2.46. The second-order valence-corrected chi connectivity index (χ2v) is 9.92. The lowest BCUT2D eigenvalue weighted by Gasteiger charge is -2.50. The van der Waals surface area contributed by atoms with Crippen LogP contribution in [0.4, 0.5) is 0 Å². The van der Waals surface area contributed by atoms with Crippen LogP contribution in [0, 0.1) is 0 Å². The van der Waals surface area contributed by atoms with E-state index in [1.807, 2.05) is 6.07 Å². The minimum Gasteiger partial charge on any atom is -0.459 e. The number of amides is 2. The molecule has 1 aromatic carbocycles. The highest BCUT2D eigenvalue weighted by Crippen LogP contribution is 2.51. The molecule has 0 aromatic heterocycles. The second kappa shape index (κ2) is 6.56. The Bertz CT molecular complexity index is 929. The van der Waals surface area contributed by atoms with Crippen LogP contribution < -0.4 is 5.32 Å². The van der Waals surface area contributed by atoms with Crippen molar-refractivity contribution in [2.24, 2.45) is 0 Å². The number of nitrogens with zero attached hydrogens (tertiary/aromatic N) is 1. The number of carbonyl (C=O) groups is 3. The number of sulfone groups is 1. The van der Waals surface area contributed by atoms with Crippen molar-refractivity contribution in [3.63, 3.8) is 0 Å². The number of rotatable bonds is 5. The van der Waals surface area contributed by atoms with E-state index >= 15 is 0 Å². The highest BCUT2D eigenvalue weighted by molar-refractivity contribution is 7.94. The number of β-lactam (4-membered cyclic amide) rings is 1. The fraction of sp³-hybridized carbons (Fsp3) is 0.500. The average molecular weight is 410 g/mol. The molecule has 0 bridgehead atoms. The van der Waals surface area contributed by atoms with Crippen LogP contribution in [0.1, 0.15) is 26.3 Å². The number of hydrogen-bond acceptors (Lipinski definition) is 7. The standard InChI is InChI=1S/C18H22N2O7S/c1-11(21)19-18(26-4)15(23)20-13(17(2,3)28(24,25)16(18)20)14(22)27-10-12-8-6-5-7-9-12/h5-9,13,16H,10H2,1-4H3,(H,19,21)/t13-,16+,18-/m0/s1. The van der Waals surface area contributed by atoms with Gasteiger partial charge in [0.2, 0.25) is 5.91 Å². The van der Waals surface area contributed by atoms with Crippen LogP contribution in [0.3, 0.4) is 0 Å². The van der Waals surface area contributed by atoms with Crippen LogP contribution in [-0.2, 0) is 40.3 Å². The summed E-state index contributed by atoms with van der Waals surface area (Å²) in [4.78, 5) is 38.1. The zero-order valence-electron chi connectivity index (χ0n) is 16.0. The van der Waals surface area contributed by atoms with E-state index in [0.717, 1.165) is 24.5 Å². The second-order valence-electron chi connectivity index (χ2n) is 7.33. The third-order valence-corrected chi connectivity index (χ3v) is 8.08. The summed E-state index contributed by atoms with van der Waals surface area (Å²) in [5.41, 5.74) is -1.32. The van der Waals surface area contributed by atoms with Crippen LogP contribution in [0.2, 0.25) is 0 Å². The first-order valence-corrected chi connectivity index (χ1v) is 10.2. The van der Waals surface area contributed by atoms with Crippen molar-refractivity contribution in [1.82, 2.24) is 10.2 Å². The maximum atomic E-state index is 13.1. The molecule has 152 valence electrons. The van der Waals surface area contributed by atoms with Gasteiger partial charge in [-0.05, 0) is 19.4 Å². The maximum Gasteiger partial charge on any atom is 0.330 e. The monoisotopic (exact) mass is 410 g/mol. The summed E-state index contributed by atoms with van der Waals surface area (Å²) in [7, 11) is -2.94. The maximum absolute atomic E-state index is 13.1. The Balaban J connectivity index is 1.92. The molecule has 0 aliphatic carbocycles. The summed E-state index contributed by atoms with van der Waals surface area (Å²) in [5, 5.41) is 0.782. The van der Waals surface area contributed by atoms with Gasteiger partial charge < -0.3 is 19.7 Å². The van der Waals surface area contributed by atoms with E-state index in [1.54, 1.807) is 24.3 Å². The molecule has 10 heteroatoms. The molecule has 0 unspecified atom stereocenters. The average Bonchev–Trinajstić information content (AvgIpc) is 2.79. The summed E-state index contributed by atoms with van der Waals surface area (Å²) < 4.78 is 35.1. The van der Waals surface area contributed by atoms with E-state index in [4.69, 9.17) is 9.47 Å². The molecule has 1 N–H and O–H groups in total. The Kier molecular flexibility index (Phi) is 4.75. The smallest absolute Gasteiger partial charge is 0.330 e. The SMILES string of the molecule is CO[C@@]1(NC(C)=O)C(=O)N2[C@@H](C(=O)OCc3ccccc3)C(C)(C)S(=O)(=O)[C@@H]21. The first-order valence-electron chi connectivity index (χ1n) is 8.61. The molecule has 0 saturated carbocycles. The molecule has 28 heavy (non-hydrogen) atoms. The molecular weight excluding hydrogens is 388 g/mol. The van der Waals surface area contributed by atoms with Crippen LogP contribution in [0.25, 0.3) is 0 Å². The molecule has 9 nitrogen and oxygen atoms in total. The van der Waals surface area contributed by atoms with E-state index in [9.17, 15) is 22.8 Å². The first kappa shape index (κ1) is 20.3. The molecule has 2 aliphatic heterocycles. The number of fused-ring (bicyclic) bond motifs is 1. The van der Waals surface area contributed by atoms with Gasteiger partial charge in [-0.2, -0.15) is 0 Å². The molecule has 3 rings (SSSR count). The predicted octanol–water partition coefficient (Wildman–Crippen LogP) is -0.0475. The van der Waals surface area contributed by atoms with Crippen molar-refractivity contribution >= 4 is 27.6 Å².